The number of ether oxygens (including phenoxy) is 1. The third-order valence-electron chi connectivity index (χ3n) is 1.21. The van der Waals surface area contributed by atoms with Gasteiger partial charge >= 0.3 is 5.97 Å². The number of allylic oxidation sites excluding steroid dienone is 1. The SMILES string of the molecule is O=C1OC(=C(Br)Br)C(Br)=C1CBr. The fraction of sp³-hybridized carbons (Fsp3) is 0.167. The Morgan fingerprint density at radius 1 is 1.42 bits per heavy atom. The zero-order valence-corrected chi connectivity index (χ0v) is 11.9. The van der Waals surface area contributed by atoms with Gasteiger partial charge in [-0.25, -0.2) is 4.79 Å². The zero-order chi connectivity index (χ0) is 9.30. The summed E-state index contributed by atoms with van der Waals surface area (Å²) in [7, 11) is 0. The molecule has 6 heteroatoms. The first-order valence-corrected chi connectivity index (χ1v) is 6.30. The summed E-state index contributed by atoms with van der Waals surface area (Å²) >= 11 is 12.8. The average molecular weight is 426 g/mol. The summed E-state index contributed by atoms with van der Waals surface area (Å²) in [5.41, 5.74) is 0.585. The van der Waals surface area contributed by atoms with Gasteiger partial charge in [0.25, 0.3) is 0 Å². The van der Waals surface area contributed by atoms with E-state index in [0.717, 1.165) is 0 Å². The third-order valence-corrected chi connectivity index (χ3v) is 3.33. The molecule has 0 unspecified atom stereocenters. The van der Waals surface area contributed by atoms with Crippen LogP contribution < -0.4 is 0 Å². The van der Waals surface area contributed by atoms with Gasteiger partial charge in [-0.3, -0.25) is 0 Å². The highest BCUT2D eigenvalue weighted by atomic mass is 79.9. The standard InChI is InChI=1S/C6H2Br4O2/c7-1-2-3(8)4(5(9)10)12-6(2)11/h1H2. The summed E-state index contributed by atoms with van der Waals surface area (Å²) in [4.78, 5) is 11.1. The number of rotatable bonds is 1. The summed E-state index contributed by atoms with van der Waals surface area (Å²) < 4.78 is 6.23. The van der Waals surface area contributed by atoms with Crippen LogP contribution in [0.1, 0.15) is 0 Å². The lowest BCUT2D eigenvalue weighted by Crippen LogP contribution is -1.99. The largest absolute Gasteiger partial charge is 0.420 e. The number of esters is 1. The maximum Gasteiger partial charge on any atom is 0.341 e. The molecule has 0 atom stereocenters. The van der Waals surface area contributed by atoms with Gasteiger partial charge in [-0.05, 0) is 47.8 Å². The second kappa shape index (κ2) is 4.39. The molecular weight excluding hydrogens is 424 g/mol. The summed E-state index contributed by atoms with van der Waals surface area (Å²) in [6.07, 6.45) is 0. The molecule has 0 aromatic rings. The minimum atomic E-state index is -0.329. The van der Waals surface area contributed by atoms with Gasteiger partial charge < -0.3 is 4.74 Å². The van der Waals surface area contributed by atoms with Crippen molar-refractivity contribution in [2.75, 3.05) is 5.33 Å². The van der Waals surface area contributed by atoms with E-state index < -0.39 is 0 Å². The van der Waals surface area contributed by atoms with Crippen LogP contribution in [0.15, 0.2) is 19.2 Å². The molecule has 0 N–H and O–H groups in total. The molecule has 1 aliphatic rings. The number of alkyl halides is 1. The Balaban J connectivity index is 3.14. The van der Waals surface area contributed by atoms with Crippen molar-refractivity contribution in [3.05, 3.63) is 19.2 Å². The molecule has 1 heterocycles. The van der Waals surface area contributed by atoms with Gasteiger partial charge in [0.15, 0.2) is 5.76 Å². The lowest BCUT2D eigenvalue weighted by Gasteiger charge is -1.95. The maximum absolute atomic E-state index is 11.1. The van der Waals surface area contributed by atoms with Crippen LogP contribution in [0.25, 0.3) is 0 Å². The Morgan fingerprint density at radius 2 is 2.00 bits per heavy atom. The van der Waals surface area contributed by atoms with Gasteiger partial charge in [0.2, 0.25) is 0 Å². The van der Waals surface area contributed by atoms with Gasteiger partial charge in [0.05, 0.1) is 10.1 Å². The molecule has 12 heavy (non-hydrogen) atoms. The van der Waals surface area contributed by atoms with Crippen molar-refractivity contribution >= 4 is 69.7 Å². The van der Waals surface area contributed by atoms with Crippen LogP contribution >= 0.6 is 63.7 Å². The molecule has 0 aromatic carbocycles. The Morgan fingerprint density at radius 3 is 2.25 bits per heavy atom. The lowest BCUT2D eigenvalue weighted by atomic mass is 10.3. The highest BCUT2D eigenvalue weighted by Gasteiger charge is 2.28. The van der Waals surface area contributed by atoms with Crippen molar-refractivity contribution in [1.82, 2.24) is 0 Å². The van der Waals surface area contributed by atoms with Crippen molar-refractivity contribution < 1.29 is 9.53 Å². The highest BCUT2D eigenvalue weighted by Crippen LogP contribution is 2.37. The number of carbonyl (C=O) groups is 1. The van der Waals surface area contributed by atoms with Crippen molar-refractivity contribution in [2.45, 2.75) is 0 Å². The number of hydrogen-bond donors (Lipinski definition) is 0. The van der Waals surface area contributed by atoms with E-state index in [4.69, 9.17) is 4.74 Å². The van der Waals surface area contributed by atoms with Gasteiger partial charge in [-0.15, -0.1) is 0 Å². The van der Waals surface area contributed by atoms with Crippen LogP contribution in [0.5, 0.6) is 0 Å². The Hall–Kier alpha value is 0.870. The van der Waals surface area contributed by atoms with Crippen molar-refractivity contribution in [3.63, 3.8) is 0 Å². The topological polar surface area (TPSA) is 26.3 Å². The third kappa shape index (κ3) is 2.02. The Kier molecular flexibility index (Phi) is 4.01. The van der Waals surface area contributed by atoms with Crippen LogP contribution in [0.2, 0.25) is 0 Å². The molecule has 0 aromatic heterocycles. The quantitative estimate of drug-likeness (QED) is 0.474. The fourth-order valence-electron chi connectivity index (χ4n) is 0.661. The first-order valence-electron chi connectivity index (χ1n) is 2.80. The summed E-state index contributed by atoms with van der Waals surface area (Å²) in [5.74, 6) is 0.152. The molecule has 0 amide bonds. The van der Waals surface area contributed by atoms with Crippen LogP contribution in [0.4, 0.5) is 0 Å². The van der Waals surface area contributed by atoms with E-state index >= 15 is 0 Å². The van der Waals surface area contributed by atoms with E-state index in [0.29, 0.717) is 24.5 Å². The highest BCUT2D eigenvalue weighted by molar-refractivity contribution is 9.28. The monoisotopic (exact) mass is 422 g/mol. The summed E-state index contributed by atoms with van der Waals surface area (Å²) in [5, 5.41) is 0.475. The minimum Gasteiger partial charge on any atom is -0.420 e. The fourth-order valence-corrected chi connectivity index (χ4v) is 3.22. The minimum absolute atomic E-state index is 0.329. The first-order chi connectivity index (χ1) is 5.57. The molecule has 66 valence electrons. The predicted octanol–water partition coefficient (Wildman–Crippen LogP) is 3.55. The number of carbonyl (C=O) groups excluding carboxylic acids is 1. The van der Waals surface area contributed by atoms with E-state index in [1.807, 2.05) is 0 Å². The molecule has 0 aliphatic carbocycles. The van der Waals surface area contributed by atoms with Crippen molar-refractivity contribution in [1.29, 1.82) is 0 Å². The number of hydrogen-bond acceptors (Lipinski definition) is 2. The van der Waals surface area contributed by atoms with Crippen molar-refractivity contribution in [3.8, 4) is 0 Å². The molecule has 0 radical (unpaired) electrons. The molecule has 1 aliphatic heterocycles. The molecule has 1 rings (SSSR count). The van der Waals surface area contributed by atoms with E-state index in [1.165, 1.54) is 0 Å². The van der Waals surface area contributed by atoms with E-state index in [2.05, 4.69) is 63.7 Å². The van der Waals surface area contributed by atoms with Gasteiger partial charge in [-0.1, -0.05) is 15.9 Å². The van der Waals surface area contributed by atoms with Crippen LogP contribution in [-0.2, 0) is 9.53 Å². The smallest absolute Gasteiger partial charge is 0.341 e. The molecule has 0 bridgehead atoms. The van der Waals surface area contributed by atoms with Gasteiger partial charge in [0.1, 0.15) is 3.39 Å². The van der Waals surface area contributed by atoms with Crippen LogP contribution in [-0.4, -0.2) is 11.3 Å². The van der Waals surface area contributed by atoms with Gasteiger partial charge in [-0.2, -0.15) is 0 Å². The Bertz CT molecular complexity index is 288. The zero-order valence-electron chi connectivity index (χ0n) is 5.54. The molecule has 0 saturated carbocycles. The Labute approximate surface area is 103 Å². The second-order valence-corrected chi connectivity index (χ2v) is 5.91. The molecule has 0 spiro atoms. The molecule has 0 fully saturated rings. The average Bonchev–Trinajstić information content (AvgIpc) is 2.27. The second-order valence-electron chi connectivity index (χ2n) is 1.91. The first kappa shape index (κ1) is 10.9. The lowest BCUT2D eigenvalue weighted by molar-refractivity contribution is -0.133. The number of halogens is 4. The molecular formula is C6H2Br4O2. The van der Waals surface area contributed by atoms with Crippen LogP contribution in [0.3, 0.4) is 0 Å². The van der Waals surface area contributed by atoms with Gasteiger partial charge in [0, 0.05) is 5.33 Å². The predicted molar refractivity (Wildman–Crippen MR) is 60.7 cm³/mol. The maximum atomic E-state index is 11.1. The van der Waals surface area contributed by atoms with E-state index in [9.17, 15) is 4.79 Å². The number of cyclic esters (lactones) is 1. The van der Waals surface area contributed by atoms with Crippen LogP contribution in [0, 0.1) is 0 Å². The summed E-state index contributed by atoms with van der Waals surface area (Å²) in [6.45, 7) is 0. The molecule has 2 nitrogen and oxygen atoms in total. The van der Waals surface area contributed by atoms with Crippen molar-refractivity contribution in [2.24, 2.45) is 0 Å². The summed E-state index contributed by atoms with van der Waals surface area (Å²) in [6, 6.07) is 0. The normalized spacial score (nSPS) is 17.0. The molecule has 0 saturated heterocycles. The van der Waals surface area contributed by atoms with E-state index in [-0.39, 0.29) is 5.97 Å². The van der Waals surface area contributed by atoms with E-state index in [1.54, 1.807) is 0 Å².